The molecular formula is C43H55F2N7O10. The molecular weight excluding hydrogens is 813 g/mol. The zero-order chi connectivity index (χ0) is 44.8. The molecule has 0 unspecified atom stereocenters. The summed E-state index contributed by atoms with van der Waals surface area (Å²) in [7, 11) is 0. The molecule has 5 N–H and O–H groups in total. The zero-order valence-electron chi connectivity index (χ0n) is 35.3. The number of piperidine rings is 2. The molecule has 19 heteroatoms. The van der Waals surface area contributed by atoms with Crippen LogP contribution >= 0.6 is 0 Å². The van der Waals surface area contributed by atoms with Gasteiger partial charge < -0.3 is 50.5 Å². The number of aliphatic hydroxyl groups excluding tert-OH is 1. The lowest BCUT2D eigenvalue weighted by Gasteiger charge is -2.43. The number of fused-ring (bicyclic) bond motifs is 1. The molecule has 2 aromatic rings. The average molecular weight is 868 g/mol. The minimum Gasteiger partial charge on any atom is -0.454 e. The van der Waals surface area contributed by atoms with Crippen molar-refractivity contribution in [3.8, 4) is 11.5 Å². The van der Waals surface area contributed by atoms with Crippen LogP contribution in [0.2, 0.25) is 0 Å². The van der Waals surface area contributed by atoms with E-state index in [2.05, 4.69) is 21.3 Å². The van der Waals surface area contributed by atoms with Crippen molar-refractivity contribution < 1.29 is 56.9 Å². The van der Waals surface area contributed by atoms with E-state index in [1.807, 2.05) is 6.92 Å². The van der Waals surface area contributed by atoms with Gasteiger partial charge in [-0.05, 0) is 101 Å². The third kappa shape index (κ3) is 10.8. The largest absolute Gasteiger partial charge is 0.454 e. The highest BCUT2D eigenvalue weighted by Crippen LogP contribution is 2.34. The number of nitrogens with one attached hydrogen (secondary N) is 4. The van der Waals surface area contributed by atoms with Crippen LogP contribution in [0.1, 0.15) is 78.2 Å². The number of urea groups is 1. The predicted octanol–water partition coefficient (Wildman–Crippen LogP) is 2.38. The number of aliphatic hydroxyl groups is 1. The summed E-state index contributed by atoms with van der Waals surface area (Å²) in [5.41, 5.74) is 0.286. The maximum absolute atomic E-state index is 14.4. The lowest BCUT2D eigenvalue weighted by molar-refractivity contribution is -0.155. The van der Waals surface area contributed by atoms with Crippen LogP contribution in [-0.2, 0) is 35.2 Å². The Hall–Kier alpha value is -5.85. The molecule has 17 nitrogen and oxygen atoms in total. The standard InChI is InChI=1S/C43H55F2N7O10/c1-23-15-34(25(3)53)52(21-23)40(57)24(2)46-39(56)32-9-5-7-13-50(32)41(58)33-10-6-8-14-51(33)42(59)37(26(4)54)49-38(55)31(18-27-16-28(44)19-29(45)17-27)48-43(60)47-30-11-12-35-36(20-30)62-22-61-35/h11-12,16-17,19-20,23-24,26,31-34,37,54H,5-10,13-15,18,21-22H2,1-4H3,(H,46,56)(H,49,55)(H2,47,48,60)/t23-,24-,26-,31-,32-,33-,34-,37-/m0/s1. The first kappa shape index (κ1) is 45.7. The van der Waals surface area contributed by atoms with Gasteiger partial charge in [-0.3, -0.25) is 28.8 Å². The number of carbonyl (C=O) groups is 7. The Morgan fingerprint density at radius 2 is 1.45 bits per heavy atom. The second-order valence-electron chi connectivity index (χ2n) is 16.7. The first-order valence-corrected chi connectivity index (χ1v) is 21.1. The summed E-state index contributed by atoms with van der Waals surface area (Å²) >= 11 is 0. The van der Waals surface area contributed by atoms with Gasteiger partial charge in [0.2, 0.25) is 36.3 Å². The Morgan fingerprint density at radius 1 is 0.790 bits per heavy atom. The molecule has 3 saturated heterocycles. The van der Waals surface area contributed by atoms with Crippen molar-refractivity contribution in [2.45, 2.75) is 121 Å². The second kappa shape index (κ2) is 19.9. The normalized spacial score (nSPS) is 22.8. The highest BCUT2D eigenvalue weighted by molar-refractivity contribution is 5.98. The van der Waals surface area contributed by atoms with E-state index in [1.165, 1.54) is 40.7 Å². The lowest BCUT2D eigenvalue weighted by atomic mass is 9.95. The molecule has 8 atom stereocenters. The molecule has 0 saturated carbocycles. The molecule has 0 radical (unpaired) electrons. The number of rotatable bonds is 13. The first-order valence-electron chi connectivity index (χ1n) is 21.1. The van der Waals surface area contributed by atoms with E-state index in [1.54, 1.807) is 13.0 Å². The summed E-state index contributed by atoms with van der Waals surface area (Å²) in [6.07, 6.45) is 1.47. The molecule has 0 aromatic heterocycles. The first-order chi connectivity index (χ1) is 29.5. The fraction of sp³-hybridized carbons (Fsp3) is 0.558. The monoisotopic (exact) mass is 867 g/mol. The number of anilines is 1. The van der Waals surface area contributed by atoms with Gasteiger partial charge in [0.1, 0.15) is 41.8 Å². The van der Waals surface area contributed by atoms with Crippen LogP contribution in [0.4, 0.5) is 19.3 Å². The SMILES string of the molecule is CC(=O)[C@@H]1C[C@H](C)CN1C(=O)[C@H](C)NC(=O)[C@@H]1CCCCN1C(=O)[C@@H]1CCCCN1C(=O)[C@@H](NC(=O)[C@H](Cc1cc(F)cc(F)c1)NC(=O)Nc1ccc2c(c1)OCO2)[C@H](C)O. The van der Waals surface area contributed by atoms with Gasteiger partial charge >= 0.3 is 6.03 Å². The number of amides is 7. The summed E-state index contributed by atoms with van der Waals surface area (Å²) in [5, 5.41) is 21.3. The van der Waals surface area contributed by atoms with Gasteiger partial charge in [0.05, 0.1) is 12.1 Å². The van der Waals surface area contributed by atoms with E-state index in [-0.39, 0.29) is 49.3 Å². The maximum atomic E-state index is 14.4. The van der Waals surface area contributed by atoms with Gasteiger partial charge in [-0.15, -0.1) is 0 Å². The number of ether oxygens (including phenoxy) is 2. The van der Waals surface area contributed by atoms with Crippen molar-refractivity contribution in [3.63, 3.8) is 0 Å². The van der Waals surface area contributed by atoms with Crippen LogP contribution in [0.3, 0.4) is 0 Å². The summed E-state index contributed by atoms with van der Waals surface area (Å²) < 4.78 is 39.1. The Balaban J connectivity index is 1.16. The third-order valence-electron chi connectivity index (χ3n) is 11.8. The number of carbonyl (C=O) groups excluding carboxylic acids is 7. The van der Waals surface area contributed by atoms with E-state index in [0.717, 1.165) is 12.1 Å². The van der Waals surface area contributed by atoms with Crippen molar-refractivity contribution in [3.05, 3.63) is 53.6 Å². The van der Waals surface area contributed by atoms with E-state index < -0.39 is 96.0 Å². The lowest BCUT2D eigenvalue weighted by Crippen LogP contribution is -2.64. The van der Waals surface area contributed by atoms with Gasteiger partial charge in [-0.25, -0.2) is 13.6 Å². The van der Waals surface area contributed by atoms with Crippen molar-refractivity contribution in [1.82, 2.24) is 30.7 Å². The molecule has 62 heavy (non-hydrogen) atoms. The van der Waals surface area contributed by atoms with Gasteiger partial charge in [-0.2, -0.15) is 0 Å². The number of hydrogen-bond acceptors (Lipinski definition) is 10. The predicted molar refractivity (Wildman–Crippen MR) is 218 cm³/mol. The van der Waals surface area contributed by atoms with Crippen molar-refractivity contribution in [2.24, 2.45) is 5.92 Å². The minimum atomic E-state index is -1.62. The van der Waals surface area contributed by atoms with Gasteiger partial charge in [0.15, 0.2) is 17.3 Å². The van der Waals surface area contributed by atoms with E-state index in [9.17, 15) is 47.4 Å². The van der Waals surface area contributed by atoms with Gasteiger partial charge in [-0.1, -0.05) is 6.92 Å². The number of halogens is 2. The van der Waals surface area contributed by atoms with Gasteiger partial charge in [0, 0.05) is 43.9 Å². The highest BCUT2D eigenvalue weighted by atomic mass is 19.1. The molecule has 0 bridgehead atoms. The molecule has 0 spiro atoms. The number of Topliss-reactive ketones (excluding diaryl/α,β-unsaturated/α-hetero) is 1. The van der Waals surface area contributed by atoms with E-state index >= 15 is 0 Å². The minimum absolute atomic E-state index is 0.00495. The van der Waals surface area contributed by atoms with E-state index in [4.69, 9.17) is 9.47 Å². The average Bonchev–Trinajstić information content (AvgIpc) is 3.87. The molecule has 0 aliphatic carbocycles. The Bertz CT molecular complexity index is 2030. The van der Waals surface area contributed by atoms with Crippen LogP contribution in [0, 0.1) is 17.6 Å². The van der Waals surface area contributed by atoms with Crippen molar-refractivity contribution in [1.29, 1.82) is 0 Å². The quantitative estimate of drug-likeness (QED) is 0.198. The molecule has 3 fully saturated rings. The number of nitrogens with zero attached hydrogens (tertiary/aromatic N) is 3. The summed E-state index contributed by atoms with van der Waals surface area (Å²) in [5.74, 6) is -4.19. The summed E-state index contributed by atoms with van der Waals surface area (Å²) in [4.78, 5) is 99.8. The topological polar surface area (TPSA) is 216 Å². The third-order valence-corrected chi connectivity index (χ3v) is 11.8. The van der Waals surface area contributed by atoms with Crippen LogP contribution < -0.4 is 30.7 Å². The highest BCUT2D eigenvalue weighted by Gasteiger charge is 2.44. The smallest absolute Gasteiger partial charge is 0.319 e. The number of hydrogen-bond donors (Lipinski definition) is 5. The van der Waals surface area contributed by atoms with E-state index in [0.29, 0.717) is 62.6 Å². The number of benzene rings is 2. The molecule has 2 aromatic carbocycles. The number of likely N-dealkylation sites (tertiary alicyclic amines) is 3. The fourth-order valence-electron chi connectivity index (χ4n) is 8.70. The Labute approximate surface area is 358 Å². The van der Waals surface area contributed by atoms with Crippen LogP contribution in [0.15, 0.2) is 36.4 Å². The molecule has 7 amide bonds. The second-order valence-corrected chi connectivity index (χ2v) is 16.7. The Kier molecular flexibility index (Phi) is 14.7. The molecule has 4 heterocycles. The van der Waals surface area contributed by atoms with Crippen LogP contribution in [0.5, 0.6) is 11.5 Å². The van der Waals surface area contributed by atoms with Crippen molar-refractivity contribution in [2.75, 3.05) is 31.7 Å². The number of ketones is 1. The fourth-order valence-corrected chi connectivity index (χ4v) is 8.70. The molecule has 6 rings (SSSR count). The summed E-state index contributed by atoms with van der Waals surface area (Å²) in [6.45, 7) is 6.90. The Morgan fingerprint density at radius 3 is 2.13 bits per heavy atom. The summed E-state index contributed by atoms with van der Waals surface area (Å²) in [6, 6.07) is -0.328. The maximum Gasteiger partial charge on any atom is 0.319 e. The van der Waals surface area contributed by atoms with Crippen LogP contribution in [0.25, 0.3) is 0 Å². The molecule has 336 valence electrons. The molecule has 4 aliphatic heterocycles. The van der Waals surface area contributed by atoms with Crippen LogP contribution in [-0.4, -0.2) is 130 Å². The van der Waals surface area contributed by atoms with Gasteiger partial charge in [0.25, 0.3) is 0 Å². The van der Waals surface area contributed by atoms with Crippen molar-refractivity contribution >= 4 is 47.0 Å². The zero-order valence-corrected chi connectivity index (χ0v) is 35.3. The molecule has 4 aliphatic rings.